The van der Waals surface area contributed by atoms with Gasteiger partial charge >= 0.3 is 0 Å². The molecule has 2 rings (SSSR count). The van der Waals surface area contributed by atoms with Gasteiger partial charge < -0.3 is 16.1 Å². The topological polar surface area (TPSA) is 122 Å². The van der Waals surface area contributed by atoms with Crippen LogP contribution in [0.15, 0.2) is 12.4 Å². The summed E-state index contributed by atoms with van der Waals surface area (Å²) in [6.45, 7) is -0.0616. The van der Waals surface area contributed by atoms with Crippen LogP contribution in [0.5, 0.6) is 0 Å². The minimum Gasteiger partial charge on any atom is -0.352 e. The smallest absolute Gasteiger partial charge is 0.271 e. The quantitative estimate of drug-likeness (QED) is 0.383. The second-order valence-corrected chi connectivity index (χ2v) is 3.96. The number of hydrogen-bond donors (Lipinski definition) is 4. The molecule has 96 valence electrons. The molecule has 5 N–H and O–H groups in total. The first-order valence-corrected chi connectivity index (χ1v) is 5.55. The molecule has 1 aromatic heterocycles. The molecule has 8 nitrogen and oxygen atoms in total. The monoisotopic (exact) mass is 250 g/mol. The van der Waals surface area contributed by atoms with Crippen molar-refractivity contribution in [3.8, 4) is 0 Å². The SMILES string of the molecule is NNc1cnc(C(=O)NCC(=O)NC2CC2)cn1. The predicted molar refractivity (Wildman–Crippen MR) is 63.3 cm³/mol. The standard InChI is InChI=1S/C10H14N6O2/c11-16-8-4-12-7(3-13-8)10(18)14-5-9(17)15-6-1-2-6/h3-4,6H,1-2,5,11H2,(H,13,16)(H,14,18)(H,15,17). The van der Waals surface area contributed by atoms with Crippen molar-refractivity contribution in [2.24, 2.45) is 5.84 Å². The molecule has 0 atom stereocenters. The maximum absolute atomic E-state index is 11.6. The van der Waals surface area contributed by atoms with Gasteiger partial charge in [-0.25, -0.2) is 15.8 Å². The van der Waals surface area contributed by atoms with Crippen molar-refractivity contribution in [2.45, 2.75) is 18.9 Å². The molecule has 18 heavy (non-hydrogen) atoms. The van der Waals surface area contributed by atoms with Gasteiger partial charge in [0.25, 0.3) is 5.91 Å². The van der Waals surface area contributed by atoms with E-state index in [4.69, 9.17) is 5.84 Å². The number of aromatic nitrogens is 2. The first-order valence-electron chi connectivity index (χ1n) is 5.55. The summed E-state index contributed by atoms with van der Waals surface area (Å²) in [5.41, 5.74) is 2.44. The minimum atomic E-state index is -0.447. The Balaban J connectivity index is 1.80. The van der Waals surface area contributed by atoms with Gasteiger partial charge in [-0.15, -0.1) is 0 Å². The molecule has 1 heterocycles. The van der Waals surface area contributed by atoms with Gasteiger partial charge in [0.1, 0.15) is 5.69 Å². The highest BCUT2D eigenvalue weighted by Gasteiger charge is 2.23. The third-order valence-electron chi connectivity index (χ3n) is 2.38. The van der Waals surface area contributed by atoms with Crippen molar-refractivity contribution in [1.82, 2.24) is 20.6 Å². The number of nitrogens with two attached hydrogens (primary N) is 1. The van der Waals surface area contributed by atoms with E-state index in [2.05, 4.69) is 26.0 Å². The van der Waals surface area contributed by atoms with E-state index >= 15 is 0 Å². The normalized spacial score (nSPS) is 13.8. The number of amides is 2. The molecule has 0 bridgehead atoms. The zero-order valence-corrected chi connectivity index (χ0v) is 9.64. The van der Waals surface area contributed by atoms with Crippen LogP contribution >= 0.6 is 0 Å². The largest absolute Gasteiger partial charge is 0.352 e. The number of rotatable bonds is 5. The molecular weight excluding hydrogens is 236 g/mol. The van der Waals surface area contributed by atoms with Crippen LogP contribution in [0.3, 0.4) is 0 Å². The maximum Gasteiger partial charge on any atom is 0.271 e. The average Bonchev–Trinajstić information content (AvgIpc) is 3.20. The molecule has 0 unspecified atom stereocenters. The van der Waals surface area contributed by atoms with Crippen LogP contribution in [0, 0.1) is 0 Å². The Hall–Kier alpha value is -2.22. The van der Waals surface area contributed by atoms with Crippen molar-refractivity contribution in [3.05, 3.63) is 18.1 Å². The van der Waals surface area contributed by atoms with Gasteiger partial charge in [-0.1, -0.05) is 0 Å². The lowest BCUT2D eigenvalue weighted by atomic mass is 10.4. The number of carbonyl (C=O) groups excluding carboxylic acids is 2. The van der Waals surface area contributed by atoms with Gasteiger partial charge in [0, 0.05) is 6.04 Å². The van der Waals surface area contributed by atoms with Gasteiger partial charge in [-0.05, 0) is 12.8 Å². The fraction of sp³-hybridized carbons (Fsp3) is 0.400. The summed E-state index contributed by atoms with van der Waals surface area (Å²) in [5, 5.41) is 5.23. The summed E-state index contributed by atoms with van der Waals surface area (Å²) >= 11 is 0. The molecule has 0 radical (unpaired) electrons. The fourth-order valence-corrected chi connectivity index (χ4v) is 1.28. The average molecular weight is 250 g/mol. The highest BCUT2D eigenvalue weighted by molar-refractivity contribution is 5.94. The lowest BCUT2D eigenvalue weighted by Gasteiger charge is -2.05. The highest BCUT2D eigenvalue weighted by Crippen LogP contribution is 2.18. The Bertz CT molecular complexity index is 442. The molecule has 1 aromatic rings. The lowest BCUT2D eigenvalue weighted by molar-refractivity contribution is -0.120. The van der Waals surface area contributed by atoms with Crippen LogP contribution in [0.4, 0.5) is 5.82 Å². The molecular formula is C10H14N6O2. The summed E-state index contributed by atoms with van der Waals surface area (Å²) in [7, 11) is 0. The molecule has 8 heteroatoms. The van der Waals surface area contributed by atoms with E-state index in [0.717, 1.165) is 12.8 Å². The number of hydrogen-bond acceptors (Lipinski definition) is 6. The second kappa shape index (κ2) is 5.41. The van der Waals surface area contributed by atoms with E-state index in [0.29, 0.717) is 5.82 Å². The highest BCUT2D eigenvalue weighted by atomic mass is 16.2. The van der Waals surface area contributed by atoms with Crippen molar-refractivity contribution < 1.29 is 9.59 Å². The van der Waals surface area contributed by atoms with Crippen LogP contribution in [0.1, 0.15) is 23.3 Å². The molecule has 0 aliphatic heterocycles. The first kappa shape index (κ1) is 12.2. The first-order chi connectivity index (χ1) is 8.69. The van der Waals surface area contributed by atoms with Crippen molar-refractivity contribution >= 4 is 17.6 Å². The van der Waals surface area contributed by atoms with E-state index in [1.54, 1.807) is 0 Å². The Labute approximate surface area is 103 Å². The van der Waals surface area contributed by atoms with Crippen molar-refractivity contribution in [2.75, 3.05) is 12.0 Å². The number of hydrazine groups is 1. The lowest BCUT2D eigenvalue weighted by Crippen LogP contribution is -2.38. The Morgan fingerprint density at radius 1 is 1.33 bits per heavy atom. The van der Waals surface area contributed by atoms with E-state index in [9.17, 15) is 9.59 Å². The Morgan fingerprint density at radius 3 is 2.67 bits per heavy atom. The van der Waals surface area contributed by atoms with Crippen molar-refractivity contribution in [1.29, 1.82) is 0 Å². The molecule has 0 aromatic carbocycles. The second-order valence-electron chi connectivity index (χ2n) is 3.96. The summed E-state index contributed by atoms with van der Waals surface area (Å²) in [5.74, 6) is 4.84. The zero-order valence-electron chi connectivity index (χ0n) is 9.64. The number of nitrogens with one attached hydrogen (secondary N) is 3. The molecule has 1 saturated carbocycles. The van der Waals surface area contributed by atoms with E-state index in [1.807, 2.05) is 0 Å². The van der Waals surface area contributed by atoms with Crippen LogP contribution < -0.4 is 21.9 Å². The summed E-state index contributed by atoms with van der Waals surface area (Å²) < 4.78 is 0. The molecule has 1 fully saturated rings. The Morgan fingerprint density at radius 2 is 2.11 bits per heavy atom. The van der Waals surface area contributed by atoms with E-state index in [-0.39, 0.29) is 24.2 Å². The van der Waals surface area contributed by atoms with Gasteiger partial charge in [0.2, 0.25) is 5.91 Å². The fourth-order valence-electron chi connectivity index (χ4n) is 1.28. The van der Waals surface area contributed by atoms with Gasteiger partial charge in [-0.2, -0.15) is 0 Å². The summed E-state index contributed by atoms with van der Waals surface area (Å²) in [4.78, 5) is 30.6. The van der Waals surface area contributed by atoms with Gasteiger partial charge in [0.05, 0.1) is 18.9 Å². The maximum atomic E-state index is 11.6. The number of carbonyl (C=O) groups is 2. The molecule has 0 spiro atoms. The third-order valence-corrected chi connectivity index (χ3v) is 2.38. The number of anilines is 1. The number of nitrogen functional groups attached to an aromatic ring is 1. The van der Waals surface area contributed by atoms with Crippen LogP contribution in [-0.4, -0.2) is 34.4 Å². The van der Waals surface area contributed by atoms with Crippen LogP contribution in [-0.2, 0) is 4.79 Å². The summed E-state index contributed by atoms with van der Waals surface area (Å²) in [6.07, 6.45) is 4.64. The minimum absolute atomic E-state index is 0.0616. The molecule has 0 saturated heterocycles. The van der Waals surface area contributed by atoms with E-state index in [1.165, 1.54) is 12.4 Å². The number of nitrogens with zero attached hydrogens (tertiary/aromatic N) is 2. The van der Waals surface area contributed by atoms with Gasteiger partial charge in [-0.3, -0.25) is 9.59 Å². The molecule has 1 aliphatic rings. The predicted octanol–water partition coefficient (Wildman–Crippen LogP) is -1.23. The zero-order chi connectivity index (χ0) is 13.0. The van der Waals surface area contributed by atoms with Crippen molar-refractivity contribution in [3.63, 3.8) is 0 Å². The van der Waals surface area contributed by atoms with Crippen LogP contribution in [0.25, 0.3) is 0 Å². The third kappa shape index (κ3) is 3.39. The van der Waals surface area contributed by atoms with E-state index < -0.39 is 5.91 Å². The Kier molecular flexibility index (Phi) is 3.68. The summed E-state index contributed by atoms with van der Waals surface area (Å²) in [6, 6.07) is 0.282. The van der Waals surface area contributed by atoms with Crippen LogP contribution in [0.2, 0.25) is 0 Å². The molecule has 1 aliphatic carbocycles. The van der Waals surface area contributed by atoms with Gasteiger partial charge in [0.15, 0.2) is 5.82 Å². The molecule has 2 amide bonds.